The number of hydrogen-bond donors (Lipinski definition) is 1. The van der Waals surface area contributed by atoms with Gasteiger partial charge in [-0.3, -0.25) is 5.10 Å². The quantitative estimate of drug-likeness (QED) is 0.856. The molecular formula is C14H26N4O2S. The van der Waals surface area contributed by atoms with Gasteiger partial charge < -0.3 is 4.90 Å². The standard InChI is InChI=1S/C14H26N4O2S/c1-12-10-14(16-15-12)13-6-4-7-18(11-13)8-5-9-21(19,20)17(2)3/h10,13H,4-9,11H2,1-3H3,(H,15,16)/t13-/m0/s1. The third kappa shape index (κ3) is 4.52. The maximum atomic E-state index is 11.8. The van der Waals surface area contributed by atoms with E-state index in [4.69, 9.17) is 0 Å². The van der Waals surface area contributed by atoms with Gasteiger partial charge in [0.15, 0.2) is 0 Å². The van der Waals surface area contributed by atoms with E-state index >= 15 is 0 Å². The van der Waals surface area contributed by atoms with Crippen molar-refractivity contribution < 1.29 is 8.42 Å². The van der Waals surface area contributed by atoms with Crippen molar-refractivity contribution in [3.8, 4) is 0 Å². The number of H-pyrrole nitrogens is 1. The van der Waals surface area contributed by atoms with Gasteiger partial charge in [0, 0.05) is 32.3 Å². The highest BCUT2D eigenvalue weighted by Crippen LogP contribution is 2.25. The molecule has 0 aromatic carbocycles. The fourth-order valence-corrected chi connectivity index (χ4v) is 3.66. The molecule has 7 heteroatoms. The minimum Gasteiger partial charge on any atom is -0.303 e. The zero-order valence-corrected chi connectivity index (χ0v) is 14.0. The van der Waals surface area contributed by atoms with Crippen molar-refractivity contribution in [2.45, 2.75) is 32.1 Å². The summed E-state index contributed by atoms with van der Waals surface area (Å²) >= 11 is 0. The van der Waals surface area contributed by atoms with Gasteiger partial charge >= 0.3 is 0 Å². The van der Waals surface area contributed by atoms with Crippen LogP contribution in [0.2, 0.25) is 0 Å². The third-order valence-corrected chi connectivity index (χ3v) is 6.00. The summed E-state index contributed by atoms with van der Waals surface area (Å²) in [5, 5.41) is 7.37. The van der Waals surface area contributed by atoms with E-state index < -0.39 is 10.0 Å². The van der Waals surface area contributed by atoms with E-state index in [9.17, 15) is 8.42 Å². The van der Waals surface area contributed by atoms with E-state index in [1.165, 1.54) is 4.31 Å². The number of piperidine rings is 1. The number of hydrogen-bond acceptors (Lipinski definition) is 4. The predicted octanol–water partition coefficient (Wildman–Crippen LogP) is 1.18. The summed E-state index contributed by atoms with van der Waals surface area (Å²) in [6.45, 7) is 4.89. The van der Waals surface area contributed by atoms with Gasteiger partial charge in [0.1, 0.15) is 0 Å². The Bertz CT molecular complexity index is 553. The molecule has 6 nitrogen and oxygen atoms in total. The van der Waals surface area contributed by atoms with Gasteiger partial charge in [-0.05, 0) is 45.3 Å². The Labute approximate surface area is 127 Å². The Kier molecular flexibility index (Phi) is 5.40. The molecular weight excluding hydrogens is 288 g/mol. The van der Waals surface area contributed by atoms with Crippen LogP contribution in [0.5, 0.6) is 0 Å². The molecule has 0 saturated carbocycles. The first-order valence-corrected chi connectivity index (χ1v) is 9.14. The molecule has 1 fully saturated rings. The van der Waals surface area contributed by atoms with Crippen LogP contribution in [0, 0.1) is 6.92 Å². The summed E-state index contributed by atoms with van der Waals surface area (Å²) in [4.78, 5) is 2.36. The number of nitrogens with one attached hydrogen (secondary N) is 1. The van der Waals surface area contributed by atoms with Crippen LogP contribution in [0.15, 0.2) is 6.07 Å². The first-order valence-electron chi connectivity index (χ1n) is 7.53. The van der Waals surface area contributed by atoms with Gasteiger partial charge in [-0.1, -0.05) is 0 Å². The molecule has 1 N–H and O–H groups in total. The van der Waals surface area contributed by atoms with Crippen LogP contribution in [0.4, 0.5) is 0 Å². The molecule has 1 aliphatic rings. The Morgan fingerprint density at radius 3 is 2.86 bits per heavy atom. The second-order valence-electron chi connectivity index (χ2n) is 6.07. The number of nitrogens with zero attached hydrogens (tertiary/aromatic N) is 3. The molecule has 120 valence electrons. The first-order chi connectivity index (χ1) is 9.88. The molecule has 0 aliphatic carbocycles. The second-order valence-corrected chi connectivity index (χ2v) is 8.37. The number of aromatic nitrogens is 2. The fourth-order valence-electron chi connectivity index (χ4n) is 2.80. The Balaban J connectivity index is 1.82. The summed E-state index contributed by atoms with van der Waals surface area (Å²) in [6.07, 6.45) is 3.00. The minimum atomic E-state index is -3.07. The second kappa shape index (κ2) is 6.89. The Morgan fingerprint density at radius 2 is 2.24 bits per heavy atom. The van der Waals surface area contributed by atoms with E-state index in [0.717, 1.165) is 43.9 Å². The molecule has 21 heavy (non-hydrogen) atoms. The summed E-state index contributed by atoms with van der Waals surface area (Å²) < 4.78 is 24.8. The summed E-state index contributed by atoms with van der Waals surface area (Å²) in [6, 6.07) is 2.12. The molecule has 1 saturated heterocycles. The van der Waals surface area contributed by atoms with E-state index in [1.807, 2.05) is 6.92 Å². The summed E-state index contributed by atoms with van der Waals surface area (Å²) in [5.41, 5.74) is 2.23. The zero-order valence-electron chi connectivity index (χ0n) is 13.2. The Hall–Kier alpha value is -0.920. The molecule has 0 spiro atoms. The van der Waals surface area contributed by atoms with Crippen molar-refractivity contribution in [1.82, 2.24) is 19.4 Å². The molecule has 1 atom stereocenters. The van der Waals surface area contributed by atoms with Crippen LogP contribution < -0.4 is 0 Å². The summed E-state index contributed by atoms with van der Waals surface area (Å²) in [5.74, 6) is 0.692. The maximum absolute atomic E-state index is 11.8. The maximum Gasteiger partial charge on any atom is 0.213 e. The van der Waals surface area contributed by atoms with Gasteiger partial charge in [-0.25, -0.2) is 12.7 Å². The van der Waals surface area contributed by atoms with Crippen LogP contribution in [0.3, 0.4) is 0 Å². The lowest BCUT2D eigenvalue weighted by molar-refractivity contribution is 0.206. The van der Waals surface area contributed by atoms with Crippen molar-refractivity contribution in [3.05, 3.63) is 17.5 Å². The summed E-state index contributed by atoms with van der Waals surface area (Å²) in [7, 11) is 0.107. The lowest BCUT2D eigenvalue weighted by atomic mass is 9.94. The molecule has 0 unspecified atom stereocenters. The van der Waals surface area contributed by atoms with Crippen molar-refractivity contribution >= 4 is 10.0 Å². The van der Waals surface area contributed by atoms with Crippen molar-refractivity contribution in [1.29, 1.82) is 0 Å². The molecule has 1 aliphatic heterocycles. The number of rotatable bonds is 6. The van der Waals surface area contributed by atoms with Crippen LogP contribution in [-0.2, 0) is 10.0 Å². The first kappa shape index (κ1) is 16.5. The molecule has 1 aromatic rings. The largest absolute Gasteiger partial charge is 0.303 e. The van der Waals surface area contributed by atoms with Crippen LogP contribution in [0.25, 0.3) is 0 Å². The fraction of sp³-hybridized carbons (Fsp3) is 0.786. The Morgan fingerprint density at radius 1 is 1.48 bits per heavy atom. The molecule has 2 rings (SSSR count). The van der Waals surface area contributed by atoms with Gasteiger partial charge in [-0.15, -0.1) is 0 Å². The highest BCUT2D eigenvalue weighted by Gasteiger charge is 2.23. The van der Waals surface area contributed by atoms with E-state index in [-0.39, 0.29) is 5.75 Å². The molecule has 0 bridgehead atoms. The number of likely N-dealkylation sites (tertiary alicyclic amines) is 1. The third-order valence-electron chi connectivity index (χ3n) is 4.08. The number of aryl methyl sites for hydroxylation is 1. The monoisotopic (exact) mass is 314 g/mol. The van der Waals surface area contributed by atoms with Crippen LogP contribution in [0.1, 0.15) is 36.6 Å². The highest BCUT2D eigenvalue weighted by atomic mass is 32.2. The smallest absolute Gasteiger partial charge is 0.213 e. The van der Waals surface area contributed by atoms with Crippen LogP contribution in [-0.4, -0.2) is 67.3 Å². The topological polar surface area (TPSA) is 69.3 Å². The van der Waals surface area contributed by atoms with E-state index in [0.29, 0.717) is 12.3 Å². The lowest BCUT2D eigenvalue weighted by Gasteiger charge is -2.31. The molecule has 2 heterocycles. The minimum absolute atomic E-state index is 0.225. The lowest BCUT2D eigenvalue weighted by Crippen LogP contribution is -2.36. The predicted molar refractivity (Wildman–Crippen MR) is 83.8 cm³/mol. The highest BCUT2D eigenvalue weighted by molar-refractivity contribution is 7.89. The normalized spacial score (nSPS) is 21.0. The number of aromatic amines is 1. The SMILES string of the molecule is Cc1cc([C@H]2CCCN(CCCS(=O)(=O)N(C)C)C2)n[nH]1. The average molecular weight is 314 g/mol. The van der Waals surface area contributed by atoms with Gasteiger partial charge in [0.2, 0.25) is 10.0 Å². The van der Waals surface area contributed by atoms with Gasteiger partial charge in [0.25, 0.3) is 0 Å². The van der Waals surface area contributed by atoms with Crippen molar-refractivity contribution in [2.75, 3.05) is 39.5 Å². The molecule has 0 amide bonds. The van der Waals surface area contributed by atoms with Gasteiger partial charge in [-0.2, -0.15) is 5.10 Å². The van der Waals surface area contributed by atoms with E-state index in [1.54, 1.807) is 14.1 Å². The van der Waals surface area contributed by atoms with Crippen LogP contribution >= 0.6 is 0 Å². The number of sulfonamides is 1. The zero-order chi connectivity index (χ0) is 15.5. The van der Waals surface area contributed by atoms with Crippen molar-refractivity contribution in [3.63, 3.8) is 0 Å². The van der Waals surface area contributed by atoms with Gasteiger partial charge in [0.05, 0.1) is 11.4 Å². The van der Waals surface area contributed by atoms with Crippen molar-refractivity contribution in [2.24, 2.45) is 0 Å². The molecule has 1 aromatic heterocycles. The molecule has 0 radical (unpaired) electrons. The van der Waals surface area contributed by atoms with E-state index in [2.05, 4.69) is 21.2 Å². The average Bonchev–Trinajstić information content (AvgIpc) is 2.85.